The molecule has 1 aromatic heterocycles. The molecular formula is C14H10ClNO3. The molecule has 4 nitrogen and oxygen atoms in total. The van der Waals surface area contributed by atoms with Gasteiger partial charge >= 0.3 is 0 Å². The number of benzene rings is 1. The Morgan fingerprint density at radius 1 is 1.26 bits per heavy atom. The third-order valence-electron chi connectivity index (χ3n) is 3.19. The number of Topliss-reactive ketones (excluding diaryl/α,β-unsaturated/α-hetero) is 1. The van der Waals surface area contributed by atoms with Crippen LogP contribution in [0.2, 0.25) is 5.02 Å². The van der Waals surface area contributed by atoms with Gasteiger partial charge in [0, 0.05) is 10.6 Å². The number of hydrogen-bond acceptors (Lipinski definition) is 3. The molecule has 2 aromatic rings. The third kappa shape index (κ3) is 1.85. The van der Waals surface area contributed by atoms with Gasteiger partial charge in [-0.15, -0.1) is 0 Å². The van der Waals surface area contributed by atoms with Crippen molar-refractivity contribution in [2.75, 3.05) is 5.32 Å². The lowest BCUT2D eigenvalue weighted by atomic mass is 9.88. The van der Waals surface area contributed by atoms with Gasteiger partial charge in [0.2, 0.25) is 5.91 Å². The first-order valence-corrected chi connectivity index (χ1v) is 6.14. The van der Waals surface area contributed by atoms with Gasteiger partial charge in [0.05, 0.1) is 12.0 Å². The predicted molar refractivity (Wildman–Crippen MR) is 70.6 cm³/mol. The highest BCUT2D eigenvalue weighted by Gasteiger charge is 2.38. The van der Waals surface area contributed by atoms with Crippen molar-refractivity contribution < 1.29 is 14.0 Å². The van der Waals surface area contributed by atoms with Crippen molar-refractivity contribution in [2.45, 2.75) is 12.8 Å². The number of anilines is 1. The van der Waals surface area contributed by atoms with Crippen LogP contribution in [0.1, 0.15) is 27.6 Å². The maximum absolute atomic E-state index is 12.4. The Kier molecular flexibility index (Phi) is 2.68. The van der Waals surface area contributed by atoms with E-state index in [9.17, 15) is 9.59 Å². The molecule has 2 heterocycles. The van der Waals surface area contributed by atoms with E-state index in [0.717, 1.165) is 5.56 Å². The molecule has 0 saturated carbocycles. The van der Waals surface area contributed by atoms with Gasteiger partial charge in [0.25, 0.3) is 0 Å². The van der Waals surface area contributed by atoms with Crippen molar-refractivity contribution in [1.29, 1.82) is 0 Å². The summed E-state index contributed by atoms with van der Waals surface area (Å²) in [6.45, 7) is 1.80. The molecule has 0 fully saturated rings. The highest BCUT2D eigenvalue weighted by atomic mass is 35.5. The van der Waals surface area contributed by atoms with Gasteiger partial charge in [-0.2, -0.15) is 0 Å². The summed E-state index contributed by atoms with van der Waals surface area (Å²) in [5, 5.41) is 3.16. The highest BCUT2D eigenvalue weighted by molar-refractivity contribution is 6.32. The summed E-state index contributed by atoms with van der Waals surface area (Å²) in [5.41, 5.74) is 1.68. The SMILES string of the molecule is Cc1ccoc1C1C(=O)Nc2cc(Cl)ccc2C1=O. The maximum atomic E-state index is 12.4. The zero-order chi connectivity index (χ0) is 13.6. The lowest BCUT2D eigenvalue weighted by Crippen LogP contribution is -2.33. The van der Waals surface area contributed by atoms with Crippen LogP contribution in [0, 0.1) is 6.92 Å². The number of hydrogen-bond donors (Lipinski definition) is 1. The van der Waals surface area contributed by atoms with Crippen molar-refractivity contribution >= 4 is 29.0 Å². The Bertz CT molecular complexity index is 690. The van der Waals surface area contributed by atoms with Crippen LogP contribution < -0.4 is 5.32 Å². The number of fused-ring (bicyclic) bond motifs is 1. The molecule has 1 unspecified atom stereocenters. The second-order valence-corrected chi connectivity index (χ2v) is 4.88. The molecule has 0 spiro atoms. The molecular weight excluding hydrogens is 266 g/mol. The Labute approximate surface area is 114 Å². The van der Waals surface area contributed by atoms with Crippen molar-refractivity contribution in [3.8, 4) is 0 Å². The molecule has 1 N–H and O–H groups in total. The fourth-order valence-corrected chi connectivity index (χ4v) is 2.40. The molecule has 0 aliphatic carbocycles. The van der Waals surface area contributed by atoms with E-state index in [0.29, 0.717) is 22.0 Å². The summed E-state index contributed by atoms with van der Waals surface area (Å²) in [6, 6.07) is 6.54. The second-order valence-electron chi connectivity index (χ2n) is 4.44. The number of furan rings is 1. The molecule has 1 atom stereocenters. The molecule has 3 rings (SSSR count). The van der Waals surface area contributed by atoms with Gasteiger partial charge in [-0.05, 0) is 36.8 Å². The van der Waals surface area contributed by atoms with Crippen LogP contribution >= 0.6 is 11.6 Å². The molecule has 1 aromatic carbocycles. The minimum Gasteiger partial charge on any atom is -0.468 e. The second kappa shape index (κ2) is 4.24. The molecule has 1 aliphatic heterocycles. The van der Waals surface area contributed by atoms with E-state index in [-0.39, 0.29) is 5.78 Å². The minimum atomic E-state index is -0.927. The molecule has 1 amide bonds. The molecule has 1 aliphatic rings. The maximum Gasteiger partial charge on any atom is 0.243 e. The Morgan fingerprint density at radius 3 is 2.74 bits per heavy atom. The largest absolute Gasteiger partial charge is 0.468 e. The van der Waals surface area contributed by atoms with Gasteiger partial charge in [0.1, 0.15) is 5.76 Å². The zero-order valence-corrected chi connectivity index (χ0v) is 10.8. The Hall–Kier alpha value is -2.07. The molecule has 19 heavy (non-hydrogen) atoms. The smallest absolute Gasteiger partial charge is 0.243 e. The number of ketones is 1. The molecule has 0 bridgehead atoms. The van der Waals surface area contributed by atoms with Gasteiger partial charge in [-0.1, -0.05) is 11.6 Å². The van der Waals surface area contributed by atoms with E-state index >= 15 is 0 Å². The summed E-state index contributed by atoms with van der Waals surface area (Å²) in [6.07, 6.45) is 1.47. The van der Waals surface area contributed by atoms with E-state index in [1.807, 2.05) is 0 Å². The summed E-state index contributed by atoms with van der Waals surface area (Å²) in [5.74, 6) is -1.20. The first kappa shape index (κ1) is 12.0. The molecule has 96 valence electrons. The summed E-state index contributed by atoms with van der Waals surface area (Å²) >= 11 is 5.85. The number of rotatable bonds is 1. The zero-order valence-electron chi connectivity index (χ0n) is 10.1. The van der Waals surface area contributed by atoms with E-state index in [1.165, 1.54) is 6.26 Å². The number of amides is 1. The molecule has 0 radical (unpaired) electrons. The van der Waals surface area contributed by atoms with E-state index in [2.05, 4.69) is 5.32 Å². The third-order valence-corrected chi connectivity index (χ3v) is 3.43. The fourth-order valence-electron chi connectivity index (χ4n) is 2.23. The van der Waals surface area contributed by atoms with E-state index in [1.54, 1.807) is 31.2 Å². The quantitative estimate of drug-likeness (QED) is 0.813. The lowest BCUT2D eigenvalue weighted by Gasteiger charge is -2.22. The van der Waals surface area contributed by atoms with Crippen LogP contribution in [0.15, 0.2) is 34.9 Å². The molecule has 0 saturated heterocycles. The first-order chi connectivity index (χ1) is 9.08. The number of aryl methyl sites for hydroxylation is 1. The number of nitrogens with one attached hydrogen (secondary N) is 1. The standard InChI is InChI=1S/C14H10ClNO3/c1-7-4-5-19-13(7)11-12(17)9-3-2-8(15)6-10(9)16-14(11)18/h2-6,11H,1H3,(H,16,18). The van der Waals surface area contributed by atoms with Crippen molar-refractivity contribution in [3.05, 3.63) is 52.4 Å². The Balaban J connectivity index is 2.11. The highest BCUT2D eigenvalue weighted by Crippen LogP contribution is 2.34. The summed E-state index contributed by atoms with van der Waals surface area (Å²) < 4.78 is 5.28. The summed E-state index contributed by atoms with van der Waals surface area (Å²) in [4.78, 5) is 24.5. The minimum absolute atomic E-state index is 0.270. The van der Waals surface area contributed by atoms with Crippen molar-refractivity contribution in [2.24, 2.45) is 0 Å². The van der Waals surface area contributed by atoms with Gasteiger partial charge in [-0.3, -0.25) is 9.59 Å². The van der Waals surface area contributed by atoms with Crippen molar-refractivity contribution in [1.82, 2.24) is 0 Å². The monoisotopic (exact) mass is 275 g/mol. The van der Waals surface area contributed by atoms with Crippen LogP contribution in [0.4, 0.5) is 5.69 Å². The van der Waals surface area contributed by atoms with Gasteiger partial charge in [0.15, 0.2) is 11.7 Å². The van der Waals surface area contributed by atoms with Gasteiger partial charge in [-0.25, -0.2) is 0 Å². The Morgan fingerprint density at radius 2 is 2.05 bits per heavy atom. The van der Waals surface area contributed by atoms with E-state index < -0.39 is 11.8 Å². The lowest BCUT2D eigenvalue weighted by molar-refractivity contribution is -0.117. The first-order valence-electron chi connectivity index (χ1n) is 5.76. The normalized spacial score (nSPS) is 18.1. The van der Waals surface area contributed by atoms with E-state index in [4.69, 9.17) is 16.0 Å². The number of carbonyl (C=O) groups excluding carboxylic acids is 2. The molecule has 5 heteroatoms. The van der Waals surface area contributed by atoms with Crippen LogP contribution in [0.25, 0.3) is 0 Å². The van der Waals surface area contributed by atoms with Crippen molar-refractivity contribution in [3.63, 3.8) is 0 Å². The van der Waals surface area contributed by atoms with Crippen LogP contribution in [0.3, 0.4) is 0 Å². The average Bonchev–Trinajstić information content (AvgIpc) is 2.75. The van der Waals surface area contributed by atoms with Gasteiger partial charge < -0.3 is 9.73 Å². The topological polar surface area (TPSA) is 59.3 Å². The average molecular weight is 276 g/mol. The fraction of sp³-hybridized carbons (Fsp3) is 0.143. The summed E-state index contributed by atoms with van der Waals surface area (Å²) in [7, 11) is 0. The number of carbonyl (C=O) groups is 2. The van der Waals surface area contributed by atoms with Crippen LogP contribution in [-0.4, -0.2) is 11.7 Å². The predicted octanol–water partition coefficient (Wildman–Crippen LogP) is 3.16. The number of halogens is 1. The van der Waals surface area contributed by atoms with Crippen LogP contribution in [0.5, 0.6) is 0 Å². The van der Waals surface area contributed by atoms with Crippen LogP contribution in [-0.2, 0) is 4.79 Å².